The van der Waals surface area contributed by atoms with Crippen LogP contribution in [0.5, 0.6) is 0 Å². The lowest BCUT2D eigenvalue weighted by Crippen LogP contribution is -1.87. The van der Waals surface area contributed by atoms with Crippen LogP contribution in [0.4, 0.5) is 0 Å². The molecule has 0 saturated carbocycles. The van der Waals surface area contributed by atoms with Crippen LogP contribution in [0.25, 0.3) is 11.3 Å². The van der Waals surface area contributed by atoms with Gasteiger partial charge in [-0.1, -0.05) is 43.3 Å². The molecule has 0 saturated heterocycles. The zero-order valence-electron chi connectivity index (χ0n) is 9.92. The predicted molar refractivity (Wildman–Crippen MR) is 69.1 cm³/mol. The summed E-state index contributed by atoms with van der Waals surface area (Å²) in [6.07, 6.45) is 0. The molecule has 1 aromatic heterocycles. The van der Waals surface area contributed by atoms with Crippen molar-refractivity contribution in [3.05, 3.63) is 35.9 Å². The topological polar surface area (TPSA) is 60.2 Å². The molecule has 4 nitrogen and oxygen atoms in total. The summed E-state index contributed by atoms with van der Waals surface area (Å²) in [5.74, 6) is 0.440. The van der Waals surface area contributed by atoms with Gasteiger partial charge in [-0.15, -0.1) is 0 Å². The average Bonchev–Trinajstić information content (AvgIpc) is 2.78. The van der Waals surface area contributed by atoms with Gasteiger partial charge in [0.2, 0.25) is 0 Å². The van der Waals surface area contributed by atoms with Crippen LogP contribution >= 0.6 is 10.7 Å². The summed E-state index contributed by atoms with van der Waals surface area (Å²) in [6, 6.07) is 9.01. The summed E-state index contributed by atoms with van der Waals surface area (Å²) in [4.78, 5) is 0. The highest BCUT2D eigenvalue weighted by Gasteiger charge is 2.17. The van der Waals surface area contributed by atoms with Crippen molar-refractivity contribution in [2.45, 2.75) is 24.9 Å². The van der Waals surface area contributed by atoms with Crippen LogP contribution in [0.3, 0.4) is 0 Å². The molecule has 6 heteroatoms. The van der Waals surface area contributed by atoms with Crippen molar-refractivity contribution in [2.75, 3.05) is 0 Å². The van der Waals surface area contributed by atoms with Gasteiger partial charge in [0.15, 0.2) is 0 Å². The molecule has 0 aliphatic carbocycles. The largest absolute Gasteiger partial charge is 0.343 e. The highest BCUT2D eigenvalue weighted by Crippen LogP contribution is 2.25. The summed E-state index contributed by atoms with van der Waals surface area (Å²) in [5.41, 5.74) is 2.44. The van der Waals surface area contributed by atoms with Crippen LogP contribution in [-0.2, 0) is 9.05 Å². The Morgan fingerprint density at radius 3 is 2.28 bits per heavy atom. The number of rotatable bonds is 3. The Morgan fingerprint density at radius 1 is 1.22 bits per heavy atom. The van der Waals surface area contributed by atoms with E-state index in [1.54, 1.807) is 0 Å². The van der Waals surface area contributed by atoms with Crippen molar-refractivity contribution in [1.82, 2.24) is 5.16 Å². The molecule has 0 N–H and O–H groups in total. The summed E-state index contributed by atoms with van der Waals surface area (Å²) in [6.45, 7) is 4.20. The number of halogens is 1. The Hall–Kier alpha value is -1.33. The molecule has 1 heterocycles. The van der Waals surface area contributed by atoms with E-state index in [-0.39, 0.29) is 5.09 Å². The Kier molecular flexibility index (Phi) is 3.45. The van der Waals surface area contributed by atoms with Crippen LogP contribution in [0.1, 0.15) is 25.3 Å². The van der Waals surface area contributed by atoms with Gasteiger partial charge >= 0.3 is 0 Å². The van der Waals surface area contributed by atoms with Crippen molar-refractivity contribution in [3.63, 3.8) is 0 Å². The minimum atomic E-state index is -3.87. The van der Waals surface area contributed by atoms with Crippen LogP contribution in [-0.4, -0.2) is 13.6 Å². The van der Waals surface area contributed by atoms with Gasteiger partial charge in [-0.25, -0.2) is 8.42 Å². The van der Waals surface area contributed by atoms with Crippen molar-refractivity contribution < 1.29 is 12.9 Å². The fourth-order valence-corrected chi connectivity index (χ4v) is 2.15. The maximum Gasteiger partial charge on any atom is 0.297 e. The number of aromatic nitrogens is 1. The standard InChI is InChI=1S/C12H12ClNO3S/c1-8(2)9-3-5-10(6-4-9)11-7-12(17-14-11)18(13,15)16/h3-8H,1-2H3. The monoisotopic (exact) mass is 285 g/mol. The van der Waals surface area contributed by atoms with E-state index in [9.17, 15) is 8.42 Å². The highest BCUT2D eigenvalue weighted by atomic mass is 35.7. The molecule has 0 fully saturated rings. The number of benzene rings is 1. The molecule has 0 radical (unpaired) electrons. The predicted octanol–water partition coefficient (Wildman–Crippen LogP) is 3.39. The second kappa shape index (κ2) is 4.74. The van der Waals surface area contributed by atoms with Crippen LogP contribution in [0.2, 0.25) is 0 Å². The maximum absolute atomic E-state index is 11.1. The van der Waals surface area contributed by atoms with Gasteiger partial charge in [-0.05, 0) is 11.5 Å². The first-order valence-corrected chi connectivity index (χ1v) is 7.70. The minimum Gasteiger partial charge on any atom is -0.343 e. The first kappa shape index (κ1) is 13.1. The fourth-order valence-electron chi connectivity index (χ4n) is 1.55. The molecule has 0 unspecified atom stereocenters. The molecule has 96 valence electrons. The molecule has 0 aliphatic heterocycles. The lowest BCUT2D eigenvalue weighted by atomic mass is 10.0. The second-order valence-electron chi connectivity index (χ2n) is 4.25. The lowest BCUT2D eigenvalue weighted by Gasteiger charge is -2.04. The van der Waals surface area contributed by atoms with Gasteiger partial charge in [0.25, 0.3) is 14.1 Å². The van der Waals surface area contributed by atoms with Crippen molar-refractivity contribution >= 4 is 19.7 Å². The van der Waals surface area contributed by atoms with Gasteiger partial charge < -0.3 is 4.52 Å². The first-order chi connectivity index (χ1) is 8.38. The molecular weight excluding hydrogens is 274 g/mol. The summed E-state index contributed by atoms with van der Waals surface area (Å²) < 4.78 is 26.8. The summed E-state index contributed by atoms with van der Waals surface area (Å²) in [5, 5.41) is 3.35. The van der Waals surface area contributed by atoms with Crippen LogP contribution in [0, 0.1) is 0 Å². The maximum atomic E-state index is 11.1. The van der Waals surface area contributed by atoms with Crippen molar-refractivity contribution in [1.29, 1.82) is 0 Å². The third kappa shape index (κ3) is 2.73. The van der Waals surface area contributed by atoms with E-state index in [1.807, 2.05) is 24.3 Å². The van der Waals surface area contributed by atoms with Gasteiger partial charge in [-0.3, -0.25) is 0 Å². The molecule has 0 bridgehead atoms. The van der Waals surface area contributed by atoms with E-state index in [0.717, 1.165) is 5.56 Å². The Morgan fingerprint density at radius 2 is 1.83 bits per heavy atom. The van der Waals surface area contributed by atoms with E-state index < -0.39 is 9.05 Å². The Labute approximate surface area is 110 Å². The zero-order chi connectivity index (χ0) is 13.3. The number of hydrogen-bond donors (Lipinski definition) is 0. The normalized spacial score (nSPS) is 12.0. The Balaban J connectivity index is 2.35. The molecule has 2 aromatic rings. The molecule has 18 heavy (non-hydrogen) atoms. The molecule has 1 aromatic carbocycles. The number of hydrogen-bond acceptors (Lipinski definition) is 4. The summed E-state index contributed by atoms with van der Waals surface area (Å²) >= 11 is 0. The van der Waals surface area contributed by atoms with E-state index in [1.165, 1.54) is 11.6 Å². The minimum absolute atomic E-state index is 0.341. The van der Waals surface area contributed by atoms with E-state index >= 15 is 0 Å². The van der Waals surface area contributed by atoms with Gasteiger partial charge in [0.1, 0.15) is 5.69 Å². The highest BCUT2D eigenvalue weighted by molar-refractivity contribution is 8.13. The molecular formula is C12H12ClNO3S. The van der Waals surface area contributed by atoms with Gasteiger partial charge in [0, 0.05) is 22.3 Å². The quantitative estimate of drug-likeness (QED) is 0.811. The molecule has 0 amide bonds. The Bertz CT molecular complexity index is 644. The molecule has 0 aliphatic rings. The average molecular weight is 286 g/mol. The van der Waals surface area contributed by atoms with E-state index in [0.29, 0.717) is 11.6 Å². The van der Waals surface area contributed by atoms with Crippen LogP contribution < -0.4 is 0 Å². The molecule has 0 spiro atoms. The lowest BCUT2D eigenvalue weighted by molar-refractivity contribution is 0.343. The van der Waals surface area contributed by atoms with E-state index in [4.69, 9.17) is 15.2 Å². The summed E-state index contributed by atoms with van der Waals surface area (Å²) in [7, 11) is 1.30. The number of nitrogens with zero attached hydrogens (tertiary/aromatic N) is 1. The van der Waals surface area contributed by atoms with Gasteiger partial charge in [0.05, 0.1) is 0 Å². The van der Waals surface area contributed by atoms with Gasteiger partial charge in [-0.2, -0.15) is 0 Å². The second-order valence-corrected chi connectivity index (χ2v) is 6.74. The fraction of sp³-hybridized carbons (Fsp3) is 0.250. The SMILES string of the molecule is CC(C)c1ccc(-c2cc(S(=O)(=O)Cl)on2)cc1. The van der Waals surface area contributed by atoms with Crippen molar-refractivity contribution in [3.8, 4) is 11.3 Å². The third-order valence-corrected chi connectivity index (χ3v) is 3.73. The molecule has 0 atom stereocenters. The van der Waals surface area contributed by atoms with E-state index in [2.05, 4.69) is 19.0 Å². The molecule has 2 rings (SSSR count). The zero-order valence-corrected chi connectivity index (χ0v) is 11.5. The third-order valence-electron chi connectivity index (χ3n) is 2.60. The first-order valence-electron chi connectivity index (χ1n) is 5.39. The van der Waals surface area contributed by atoms with Crippen molar-refractivity contribution in [2.24, 2.45) is 0 Å². The van der Waals surface area contributed by atoms with Crippen LogP contribution in [0.15, 0.2) is 39.9 Å². The smallest absolute Gasteiger partial charge is 0.297 e.